The number of nitrogens with zero attached hydrogens (tertiary/aromatic N) is 2. The highest BCUT2D eigenvalue weighted by atomic mass is 32.1. The first-order valence-corrected chi connectivity index (χ1v) is 6.67. The molecule has 0 radical (unpaired) electrons. The van der Waals surface area contributed by atoms with Crippen molar-refractivity contribution in [3.05, 3.63) is 59.4 Å². The van der Waals surface area contributed by atoms with E-state index in [9.17, 15) is 4.79 Å². The van der Waals surface area contributed by atoms with Crippen LogP contribution in [-0.2, 0) is 6.54 Å². The van der Waals surface area contributed by atoms with Gasteiger partial charge in [0, 0.05) is 18.9 Å². The van der Waals surface area contributed by atoms with Crippen molar-refractivity contribution in [1.82, 2.24) is 15.3 Å². The predicted octanol–water partition coefficient (Wildman–Crippen LogP) is 2.62. The zero-order chi connectivity index (χ0) is 13.1. The fraction of sp³-hybridized carbons (Fsp3) is 0.0714. The van der Waals surface area contributed by atoms with Crippen LogP contribution in [-0.4, -0.2) is 15.9 Å². The third-order valence-corrected chi connectivity index (χ3v) is 3.73. The lowest BCUT2D eigenvalue weighted by Crippen LogP contribution is -2.22. The van der Waals surface area contributed by atoms with Crippen molar-refractivity contribution in [3.63, 3.8) is 0 Å². The van der Waals surface area contributed by atoms with E-state index in [1.807, 2.05) is 36.4 Å². The molecule has 3 aromatic rings. The maximum atomic E-state index is 12.0. The van der Waals surface area contributed by atoms with E-state index < -0.39 is 0 Å². The average molecular weight is 269 g/mol. The van der Waals surface area contributed by atoms with Gasteiger partial charge in [-0.2, -0.15) is 0 Å². The number of para-hydroxylation sites is 1. The normalized spacial score (nSPS) is 10.5. The Morgan fingerprint density at radius 3 is 2.74 bits per heavy atom. The Kier molecular flexibility index (Phi) is 3.20. The summed E-state index contributed by atoms with van der Waals surface area (Å²) in [5, 5.41) is 3.35. The van der Waals surface area contributed by atoms with Crippen molar-refractivity contribution in [2.45, 2.75) is 6.54 Å². The van der Waals surface area contributed by atoms with Crippen LogP contribution in [0.1, 0.15) is 15.4 Å². The fourth-order valence-electron chi connectivity index (χ4n) is 1.73. The van der Waals surface area contributed by atoms with Crippen molar-refractivity contribution in [1.29, 1.82) is 0 Å². The van der Waals surface area contributed by atoms with Crippen LogP contribution < -0.4 is 5.32 Å². The van der Waals surface area contributed by atoms with Crippen molar-refractivity contribution < 1.29 is 4.79 Å². The van der Waals surface area contributed by atoms with E-state index in [0.29, 0.717) is 11.6 Å². The second kappa shape index (κ2) is 5.16. The van der Waals surface area contributed by atoms with Crippen molar-refractivity contribution in [3.8, 4) is 0 Å². The number of fused-ring (bicyclic) bond motifs is 1. The van der Waals surface area contributed by atoms with Gasteiger partial charge in [0.05, 0.1) is 10.2 Å². The molecule has 5 heteroatoms. The summed E-state index contributed by atoms with van der Waals surface area (Å²) >= 11 is 1.41. The smallest absolute Gasteiger partial charge is 0.280 e. The number of hydrogen-bond acceptors (Lipinski definition) is 4. The molecule has 0 atom stereocenters. The van der Waals surface area contributed by atoms with Crippen LogP contribution in [0.25, 0.3) is 10.2 Å². The number of amides is 1. The molecule has 0 aliphatic rings. The molecule has 1 amide bonds. The number of benzene rings is 1. The number of rotatable bonds is 3. The Balaban J connectivity index is 1.73. The minimum atomic E-state index is -0.141. The maximum absolute atomic E-state index is 12.0. The van der Waals surface area contributed by atoms with E-state index in [-0.39, 0.29) is 5.91 Å². The summed E-state index contributed by atoms with van der Waals surface area (Å²) in [5.74, 6) is -0.141. The summed E-state index contributed by atoms with van der Waals surface area (Å²) < 4.78 is 1.02. The van der Waals surface area contributed by atoms with Crippen LogP contribution >= 0.6 is 11.3 Å². The lowest BCUT2D eigenvalue weighted by molar-refractivity contribution is 0.0950. The summed E-state index contributed by atoms with van der Waals surface area (Å²) in [4.78, 5) is 20.3. The molecule has 4 nitrogen and oxygen atoms in total. The number of carbonyl (C=O) groups is 1. The first kappa shape index (κ1) is 11.8. The van der Waals surface area contributed by atoms with Gasteiger partial charge in [-0.15, -0.1) is 11.3 Å². The van der Waals surface area contributed by atoms with Crippen LogP contribution in [0.5, 0.6) is 0 Å². The number of thiazole rings is 1. The van der Waals surface area contributed by atoms with Gasteiger partial charge in [-0.25, -0.2) is 4.98 Å². The van der Waals surface area contributed by atoms with Crippen LogP contribution in [0.3, 0.4) is 0 Å². The minimum Gasteiger partial charge on any atom is -0.346 e. The standard InChI is InChI=1S/C14H11N3OS/c18-13(16-9-10-5-7-15-8-6-10)14-17-11-3-1-2-4-12(11)19-14/h1-8H,9H2,(H,16,18). The topological polar surface area (TPSA) is 54.9 Å². The Labute approximate surface area is 114 Å². The first-order chi connectivity index (χ1) is 9.33. The molecular weight excluding hydrogens is 258 g/mol. The Morgan fingerprint density at radius 2 is 1.95 bits per heavy atom. The molecule has 0 unspecified atom stereocenters. The van der Waals surface area contributed by atoms with Crippen molar-refractivity contribution in [2.24, 2.45) is 0 Å². The second-order valence-corrected chi connectivity index (χ2v) is 5.06. The molecule has 0 aliphatic carbocycles. The number of hydrogen-bond donors (Lipinski definition) is 1. The molecule has 0 spiro atoms. The monoisotopic (exact) mass is 269 g/mol. The van der Waals surface area contributed by atoms with Crippen LogP contribution in [0.4, 0.5) is 0 Å². The van der Waals surface area contributed by atoms with E-state index in [2.05, 4.69) is 15.3 Å². The van der Waals surface area contributed by atoms with E-state index >= 15 is 0 Å². The molecular formula is C14H11N3OS. The number of nitrogens with one attached hydrogen (secondary N) is 1. The third kappa shape index (κ3) is 2.61. The van der Waals surface area contributed by atoms with E-state index in [1.54, 1.807) is 12.4 Å². The highest BCUT2D eigenvalue weighted by Crippen LogP contribution is 2.21. The molecule has 94 valence electrons. The summed E-state index contributed by atoms with van der Waals surface area (Å²) in [6, 6.07) is 11.5. The molecule has 0 saturated carbocycles. The molecule has 0 aliphatic heterocycles. The minimum absolute atomic E-state index is 0.141. The molecule has 1 aromatic carbocycles. The largest absolute Gasteiger partial charge is 0.346 e. The Hall–Kier alpha value is -2.27. The number of pyridine rings is 1. The van der Waals surface area contributed by atoms with Gasteiger partial charge in [0.15, 0.2) is 5.01 Å². The quantitative estimate of drug-likeness (QED) is 0.795. The molecule has 1 N–H and O–H groups in total. The van der Waals surface area contributed by atoms with Gasteiger partial charge in [-0.1, -0.05) is 12.1 Å². The van der Waals surface area contributed by atoms with E-state index in [0.717, 1.165) is 15.8 Å². The molecule has 3 rings (SSSR count). The molecule has 2 aromatic heterocycles. The lowest BCUT2D eigenvalue weighted by atomic mass is 10.3. The number of carbonyl (C=O) groups excluding carboxylic acids is 1. The van der Waals surface area contributed by atoms with Gasteiger partial charge in [0.25, 0.3) is 5.91 Å². The van der Waals surface area contributed by atoms with Crippen LogP contribution in [0.15, 0.2) is 48.8 Å². The second-order valence-electron chi connectivity index (χ2n) is 4.02. The molecule has 0 bridgehead atoms. The van der Waals surface area contributed by atoms with Crippen LogP contribution in [0.2, 0.25) is 0 Å². The average Bonchev–Trinajstić information content (AvgIpc) is 2.90. The summed E-state index contributed by atoms with van der Waals surface area (Å²) in [5.41, 5.74) is 1.88. The number of aromatic nitrogens is 2. The SMILES string of the molecule is O=C(NCc1ccncc1)c1nc2ccccc2s1. The molecule has 0 saturated heterocycles. The third-order valence-electron chi connectivity index (χ3n) is 2.69. The van der Waals surface area contributed by atoms with E-state index in [1.165, 1.54) is 11.3 Å². The van der Waals surface area contributed by atoms with Gasteiger partial charge >= 0.3 is 0 Å². The Bertz CT molecular complexity index is 676. The fourth-order valence-corrected chi connectivity index (χ4v) is 2.61. The van der Waals surface area contributed by atoms with Crippen LogP contribution in [0, 0.1) is 0 Å². The zero-order valence-electron chi connectivity index (χ0n) is 10.0. The lowest BCUT2D eigenvalue weighted by Gasteiger charge is -2.02. The van der Waals surface area contributed by atoms with Crippen molar-refractivity contribution >= 4 is 27.5 Å². The summed E-state index contributed by atoms with van der Waals surface area (Å²) in [6.45, 7) is 0.483. The molecule has 19 heavy (non-hydrogen) atoms. The summed E-state index contributed by atoms with van der Waals surface area (Å²) in [6.07, 6.45) is 3.42. The first-order valence-electron chi connectivity index (χ1n) is 5.85. The Morgan fingerprint density at radius 1 is 1.16 bits per heavy atom. The molecule has 0 fully saturated rings. The van der Waals surface area contributed by atoms with E-state index in [4.69, 9.17) is 0 Å². The highest BCUT2D eigenvalue weighted by molar-refractivity contribution is 7.20. The molecule has 2 heterocycles. The van der Waals surface area contributed by atoms with Gasteiger partial charge < -0.3 is 5.32 Å². The maximum Gasteiger partial charge on any atom is 0.280 e. The van der Waals surface area contributed by atoms with Gasteiger partial charge in [0.1, 0.15) is 0 Å². The van der Waals surface area contributed by atoms with Gasteiger partial charge in [-0.3, -0.25) is 9.78 Å². The predicted molar refractivity (Wildman–Crippen MR) is 75.0 cm³/mol. The van der Waals surface area contributed by atoms with Gasteiger partial charge in [-0.05, 0) is 29.8 Å². The zero-order valence-corrected chi connectivity index (χ0v) is 10.9. The summed E-state index contributed by atoms with van der Waals surface area (Å²) in [7, 11) is 0. The van der Waals surface area contributed by atoms with Gasteiger partial charge in [0.2, 0.25) is 0 Å². The highest BCUT2D eigenvalue weighted by Gasteiger charge is 2.11. The van der Waals surface area contributed by atoms with Crippen molar-refractivity contribution in [2.75, 3.05) is 0 Å².